The highest BCUT2D eigenvalue weighted by atomic mass is 35.5. The molecular weight excluding hydrogens is 424 g/mol. The lowest BCUT2D eigenvalue weighted by Crippen LogP contribution is -2.52. The maximum Gasteiger partial charge on any atom is 0.270 e. The van der Waals surface area contributed by atoms with Crippen LogP contribution in [0.1, 0.15) is 45.5 Å². The SMILES string of the molecule is CC12c3ccccc3C(c3ccccc31)[C@H]1C(=O)N(NC(=O)c3ccc(Cl)cc3)C(=O)[C@H]12. The van der Waals surface area contributed by atoms with Crippen molar-refractivity contribution in [1.29, 1.82) is 0 Å². The molecule has 1 fully saturated rings. The van der Waals surface area contributed by atoms with Gasteiger partial charge in [0.1, 0.15) is 0 Å². The van der Waals surface area contributed by atoms with Gasteiger partial charge in [0, 0.05) is 21.9 Å². The Balaban J connectivity index is 1.45. The zero-order chi connectivity index (χ0) is 22.2. The summed E-state index contributed by atoms with van der Waals surface area (Å²) in [5.41, 5.74) is 6.56. The van der Waals surface area contributed by atoms with Gasteiger partial charge in [-0.05, 0) is 46.5 Å². The second kappa shape index (κ2) is 6.53. The maximum atomic E-state index is 13.7. The number of carbonyl (C=O) groups excluding carboxylic acids is 3. The molecule has 32 heavy (non-hydrogen) atoms. The second-order valence-electron chi connectivity index (χ2n) is 8.82. The minimum atomic E-state index is -0.654. The molecule has 5 nitrogen and oxygen atoms in total. The van der Waals surface area contributed by atoms with Crippen LogP contribution in [0.3, 0.4) is 0 Å². The van der Waals surface area contributed by atoms with Gasteiger partial charge < -0.3 is 0 Å². The molecular formula is C26H19ClN2O3. The van der Waals surface area contributed by atoms with Crippen molar-refractivity contribution in [3.05, 3.63) is 106 Å². The summed E-state index contributed by atoms with van der Waals surface area (Å²) in [5.74, 6) is -2.59. The first-order chi connectivity index (χ1) is 15.4. The van der Waals surface area contributed by atoms with Crippen LogP contribution in [-0.4, -0.2) is 22.7 Å². The van der Waals surface area contributed by atoms with Gasteiger partial charge in [-0.3, -0.25) is 19.8 Å². The van der Waals surface area contributed by atoms with Gasteiger partial charge in [-0.2, -0.15) is 5.01 Å². The van der Waals surface area contributed by atoms with E-state index < -0.39 is 23.2 Å². The van der Waals surface area contributed by atoms with Crippen molar-refractivity contribution >= 4 is 29.3 Å². The summed E-state index contributed by atoms with van der Waals surface area (Å²) in [6.45, 7) is 2.05. The number of rotatable bonds is 2. The number of amides is 3. The smallest absolute Gasteiger partial charge is 0.270 e. The van der Waals surface area contributed by atoms with Crippen molar-refractivity contribution in [2.75, 3.05) is 0 Å². The second-order valence-corrected chi connectivity index (χ2v) is 9.25. The molecule has 3 aliphatic carbocycles. The number of nitrogens with zero attached hydrogens (tertiary/aromatic N) is 1. The minimum Gasteiger partial charge on any atom is -0.272 e. The van der Waals surface area contributed by atoms with Crippen LogP contribution in [0.5, 0.6) is 0 Å². The maximum absolute atomic E-state index is 13.7. The standard InChI is InChI=1S/C26H19ClN2O3/c1-26-18-8-4-2-6-16(18)20(17-7-3-5-9-19(17)26)21-22(26)25(32)29(24(21)31)28-23(30)14-10-12-15(27)13-11-14/h2-13,20-22H,1H3,(H,28,30)/t20?,21-,22+,26?/m1/s1. The van der Waals surface area contributed by atoms with E-state index >= 15 is 0 Å². The highest BCUT2D eigenvalue weighted by Gasteiger charge is 2.66. The first-order valence-electron chi connectivity index (χ1n) is 10.6. The minimum absolute atomic E-state index is 0.219. The summed E-state index contributed by atoms with van der Waals surface area (Å²) in [5, 5.41) is 1.44. The van der Waals surface area contributed by atoms with E-state index in [2.05, 4.69) is 29.7 Å². The molecule has 2 atom stereocenters. The van der Waals surface area contributed by atoms with Crippen LogP contribution in [0.15, 0.2) is 72.8 Å². The van der Waals surface area contributed by atoms with Crippen molar-refractivity contribution in [1.82, 2.24) is 10.4 Å². The molecule has 2 bridgehead atoms. The third-order valence-electron chi connectivity index (χ3n) is 7.36. The lowest BCUT2D eigenvalue weighted by Gasteiger charge is -2.52. The van der Waals surface area contributed by atoms with Crippen LogP contribution in [0.4, 0.5) is 0 Å². The Hall–Kier alpha value is -3.44. The van der Waals surface area contributed by atoms with E-state index in [1.165, 1.54) is 0 Å². The van der Waals surface area contributed by atoms with Crippen molar-refractivity contribution in [2.24, 2.45) is 11.8 Å². The Kier molecular flexibility index (Phi) is 3.93. The number of benzene rings is 3. The fourth-order valence-electron chi connectivity index (χ4n) is 6.03. The molecule has 3 amide bonds. The van der Waals surface area contributed by atoms with E-state index in [0.717, 1.165) is 27.3 Å². The number of imide groups is 1. The Bertz CT molecular complexity index is 1270. The molecule has 7 rings (SSSR count). The third-order valence-corrected chi connectivity index (χ3v) is 7.61. The fourth-order valence-corrected chi connectivity index (χ4v) is 6.15. The molecule has 158 valence electrons. The zero-order valence-corrected chi connectivity index (χ0v) is 18.0. The van der Waals surface area contributed by atoms with E-state index in [1.54, 1.807) is 24.3 Å². The van der Waals surface area contributed by atoms with Gasteiger partial charge in [-0.1, -0.05) is 67.1 Å². The predicted molar refractivity (Wildman–Crippen MR) is 119 cm³/mol. The van der Waals surface area contributed by atoms with Gasteiger partial charge in [-0.25, -0.2) is 0 Å². The third kappa shape index (κ3) is 2.32. The molecule has 1 heterocycles. The highest BCUT2D eigenvalue weighted by molar-refractivity contribution is 6.30. The summed E-state index contributed by atoms with van der Waals surface area (Å²) in [6, 6.07) is 22.4. The molecule has 1 N–H and O–H groups in total. The topological polar surface area (TPSA) is 66.5 Å². The van der Waals surface area contributed by atoms with E-state index in [-0.39, 0.29) is 17.7 Å². The zero-order valence-electron chi connectivity index (χ0n) is 17.2. The van der Waals surface area contributed by atoms with Crippen LogP contribution in [0.25, 0.3) is 0 Å². The van der Waals surface area contributed by atoms with Crippen molar-refractivity contribution in [2.45, 2.75) is 18.3 Å². The Morgan fingerprint density at radius 1 is 0.875 bits per heavy atom. The molecule has 0 unspecified atom stereocenters. The monoisotopic (exact) mass is 442 g/mol. The molecule has 0 spiro atoms. The fraction of sp³-hybridized carbons (Fsp3) is 0.192. The highest BCUT2D eigenvalue weighted by Crippen LogP contribution is 2.63. The predicted octanol–water partition coefficient (Wildman–Crippen LogP) is 4.05. The number of hydrazine groups is 1. The lowest BCUT2D eigenvalue weighted by molar-refractivity contribution is -0.143. The summed E-state index contributed by atoms with van der Waals surface area (Å²) in [6.07, 6.45) is 0. The van der Waals surface area contributed by atoms with Crippen LogP contribution in [0.2, 0.25) is 5.02 Å². The average Bonchev–Trinajstić information content (AvgIpc) is 3.06. The number of halogens is 1. The molecule has 4 aliphatic rings. The number of hydrogen-bond donors (Lipinski definition) is 1. The Morgan fingerprint density at radius 2 is 1.44 bits per heavy atom. The van der Waals surface area contributed by atoms with Crippen molar-refractivity contribution in [3.63, 3.8) is 0 Å². The molecule has 0 saturated carbocycles. The van der Waals surface area contributed by atoms with Crippen LogP contribution in [-0.2, 0) is 15.0 Å². The molecule has 1 aliphatic heterocycles. The number of nitrogens with one attached hydrogen (secondary N) is 1. The average molecular weight is 443 g/mol. The van der Waals surface area contributed by atoms with E-state index in [9.17, 15) is 14.4 Å². The van der Waals surface area contributed by atoms with Crippen LogP contribution in [0, 0.1) is 11.8 Å². The summed E-state index contributed by atoms with van der Waals surface area (Å²) in [4.78, 5) is 40.1. The number of hydrogen-bond acceptors (Lipinski definition) is 3. The van der Waals surface area contributed by atoms with Gasteiger partial charge in [0.2, 0.25) is 0 Å². The van der Waals surface area contributed by atoms with E-state index in [0.29, 0.717) is 10.6 Å². The summed E-state index contributed by atoms with van der Waals surface area (Å²) >= 11 is 5.91. The van der Waals surface area contributed by atoms with Crippen molar-refractivity contribution < 1.29 is 14.4 Å². The van der Waals surface area contributed by atoms with Gasteiger partial charge in [0.05, 0.1) is 11.8 Å². The Morgan fingerprint density at radius 3 is 2.03 bits per heavy atom. The molecule has 3 aromatic rings. The normalized spacial score (nSPS) is 27.1. The molecule has 0 aromatic heterocycles. The number of carbonyl (C=O) groups is 3. The van der Waals surface area contributed by atoms with Gasteiger partial charge in [-0.15, -0.1) is 0 Å². The summed E-state index contributed by atoms with van der Waals surface area (Å²) < 4.78 is 0. The molecule has 6 heteroatoms. The molecule has 1 saturated heterocycles. The lowest BCUT2D eigenvalue weighted by atomic mass is 9.48. The first kappa shape index (κ1) is 19.3. The summed E-state index contributed by atoms with van der Waals surface area (Å²) in [7, 11) is 0. The molecule has 0 radical (unpaired) electrons. The van der Waals surface area contributed by atoms with E-state index in [1.807, 2.05) is 31.2 Å². The van der Waals surface area contributed by atoms with Gasteiger partial charge >= 0.3 is 0 Å². The van der Waals surface area contributed by atoms with Crippen molar-refractivity contribution in [3.8, 4) is 0 Å². The van der Waals surface area contributed by atoms with Gasteiger partial charge in [0.15, 0.2) is 0 Å². The quantitative estimate of drug-likeness (QED) is 0.609. The van der Waals surface area contributed by atoms with Gasteiger partial charge in [0.25, 0.3) is 17.7 Å². The van der Waals surface area contributed by atoms with Crippen LogP contribution >= 0.6 is 11.6 Å². The largest absolute Gasteiger partial charge is 0.272 e. The Labute approximate surface area is 190 Å². The molecule has 3 aromatic carbocycles. The van der Waals surface area contributed by atoms with E-state index in [4.69, 9.17) is 11.6 Å². The first-order valence-corrected chi connectivity index (χ1v) is 10.9. The van der Waals surface area contributed by atoms with Crippen LogP contribution < -0.4 is 5.43 Å².